The highest BCUT2D eigenvalue weighted by atomic mass is 32.2. The van der Waals surface area contributed by atoms with E-state index in [1.807, 2.05) is 6.92 Å². The third-order valence-corrected chi connectivity index (χ3v) is 2.90. The molecule has 3 nitrogen and oxygen atoms in total. The molecule has 1 aromatic carbocycles. The first-order valence-corrected chi connectivity index (χ1v) is 5.82. The van der Waals surface area contributed by atoms with Crippen molar-refractivity contribution in [1.82, 2.24) is 4.31 Å². The highest BCUT2D eigenvalue weighted by Crippen LogP contribution is 2.23. The number of benzene rings is 1. The lowest BCUT2D eigenvalue weighted by Crippen LogP contribution is -2.24. The Balaban J connectivity index is 2.62. The van der Waals surface area contributed by atoms with Crippen molar-refractivity contribution in [2.75, 3.05) is 13.2 Å². The molecule has 1 rings (SSSR count). The minimum atomic E-state index is -0.376. The first-order chi connectivity index (χ1) is 7.67. The van der Waals surface area contributed by atoms with Crippen molar-refractivity contribution in [3.8, 4) is 0 Å². The van der Waals surface area contributed by atoms with E-state index >= 15 is 0 Å². The van der Waals surface area contributed by atoms with Gasteiger partial charge in [0.1, 0.15) is 5.82 Å². The Labute approximate surface area is 98.7 Å². The molecule has 1 aromatic rings. The van der Waals surface area contributed by atoms with Crippen LogP contribution in [0.15, 0.2) is 29.2 Å². The normalized spacial score (nSPS) is 9.94. The molecule has 0 aliphatic heterocycles. The highest BCUT2D eigenvalue weighted by molar-refractivity contribution is 7.97. The monoisotopic (exact) mass is 243 g/mol. The average molecular weight is 243 g/mol. The van der Waals surface area contributed by atoms with Gasteiger partial charge in [0, 0.05) is 11.4 Å². The second kappa shape index (κ2) is 6.37. The Morgan fingerprint density at radius 1 is 1.38 bits per heavy atom. The van der Waals surface area contributed by atoms with Gasteiger partial charge < -0.3 is 4.74 Å². The molecule has 0 unspecified atom stereocenters. The number of halogens is 1. The maximum absolute atomic E-state index is 12.7. The molecule has 88 valence electrons. The van der Waals surface area contributed by atoms with E-state index in [1.54, 1.807) is 19.1 Å². The number of hydrogen-bond acceptors (Lipinski definition) is 3. The minimum Gasteiger partial charge on any atom is -0.449 e. The first kappa shape index (κ1) is 12.8. The van der Waals surface area contributed by atoms with Crippen molar-refractivity contribution < 1.29 is 13.9 Å². The molecular formula is C11H14FNO2S. The van der Waals surface area contributed by atoms with Crippen LogP contribution in [0.5, 0.6) is 0 Å². The molecule has 1 amide bonds. The van der Waals surface area contributed by atoms with Crippen molar-refractivity contribution in [2.24, 2.45) is 0 Å². The number of hydrogen-bond donors (Lipinski definition) is 0. The van der Waals surface area contributed by atoms with Gasteiger partial charge in [-0.25, -0.2) is 13.5 Å². The van der Waals surface area contributed by atoms with Gasteiger partial charge in [0.05, 0.1) is 6.61 Å². The van der Waals surface area contributed by atoms with Crippen molar-refractivity contribution in [2.45, 2.75) is 18.7 Å². The van der Waals surface area contributed by atoms with Gasteiger partial charge in [-0.2, -0.15) is 0 Å². The first-order valence-electron chi connectivity index (χ1n) is 5.05. The Morgan fingerprint density at radius 2 is 2.00 bits per heavy atom. The summed E-state index contributed by atoms with van der Waals surface area (Å²) in [6, 6.07) is 5.98. The zero-order valence-corrected chi connectivity index (χ0v) is 10.1. The molecule has 0 fully saturated rings. The van der Waals surface area contributed by atoms with E-state index in [2.05, 4.69) is 0 Å². The maximum atomic E-state index is 12.7. The van der Waals surface area contributed by atoms with Gasteiger partial charge in [0.2, 0.25) is 0 Å². The van der Waals surface area contributed by atoms with Gasteiger partial charge in [0.25, 0.3) is 0 Å². The van der Waals surface area contributed by atoms with Crippen LogP contribution in [0.2, 0.25) is 0 Å². The number of carbonyl (C=O) groups is 1. The third kappa shape index (κ3) is 3.73. The molecule has 0 bridgehead atoms. The molecule has 0 aliphatic carbocycles. The van der Waals surface area contributed by atoms with E-state index in [4.69, 9.17) is 4.74 Å². The summed E-state index contributed by atoms with van der Waals surface area (Å²) in [5.74, 6) is -0.288. The predicted octanol–water partition coefficient (Wildman–Crippen LogP) is 3.31. The van der Waals surface area contributed by atoms with E-state index in [1.165, 1.54) is 28.4 Å². The lowest BCUT2D eigenvalue weighted by molar-refractivity contribution is 0.135. The van der Waals surface area contributed by atoms with Gasteiger partial charge in [0.15, 0.2) is 0 Å². The molecule has 0 aromatic heterocycles. The second-order valence-corrected chi connectivity index (χ2v) is 4.03. The van der Waals surface area contributed by atoms with Gasteiger partial charge in [-0.15, -0.1) is 0 Å². The van der Waals surface area contributed by atoms with Crippen LogP contribution in [-0.4, -0.2) is 23.6 Å². The van der Waals surface area contributed by atoms with Crippen LogP contribution in [0.3, 0.4) is 0 Å². The largest absolute Gasteiger partial charge is 0.449 e. The van der Waals surface area contributed by atoms with Gasteiger partial charge in [-0.05, 0) is 50.1 Å². The van der Waals surface area contributed by atoms with Crippen molar-refractivity contribution >= 4 is 18.0 Å². The van der Waals surface area contributed by atoms with Crippen molar-refractivity contribution in [3.05, 3.63) is 30.1 Å². The Kier molecular flexibility index (Phi) is 5.11. The predicted molar refractivity (Wildman–Crippen MR) is 61.7 cm³/mol. The molecule has 0 heterocycles. The summed E-state index contributed by atoms with van der Waals surface area (Å²) in [6.07, 6.45) is -0.376. The highest BCUT2D eigenvalue weighted by Gasteiger charge is 2.13. The molecular weight excluding hydrogens is 229 g/mol. The van der Waals surface area contributed by atoms with Crippen LogP contribution < -0.4 is 0 Å². The molecule has 0 saturated carbocycles. The Bertz CT molecular complexity index is 342. The van der Waals surface area contributed by atoms with Crippen molar-refractivity contribution in [1.29, 1.82) is 0 Å². The fourth-order valence-corrected chi connectivity index (χ4v) is 1.82. The smallest absolute Gasteiger partial charge is 0.420 e. The summed E-state index contributed by atoms with van der Waals surface area (Å²) < 4.78 is 19.0. The molecule has 0 saturated heterocycles. The van der Waals surface area contributed by atoms with E-state index in [-0.39, 0.29) is 11.9 Å². The van der Waals surface area contributed by atoms with Crippen LogP contribution in [0.25, 0.3) is 0 Å². The molecule has 0 radical (unpaired) electrons. The molecule has 0 N–H and O–H groups in total. The van der Waals surface area contributed by atoms with Gasteiger partial charge >= 0.3 is 6.09 Å². The van der Waals surface area contributed by atoms with E-state index in [0.717, 1.165) is 4.90 Å². The standard InChI is InChI=1S/C11H14FNO2S/c1-3-13(11(14)15-4-2)16-10-7-5-9(12)6-8-10/h5-8H,3-4H2,1-2H3. The van der Waals surface area contributed by atoms with Gasteiger partial charge in [-0.1, -0.05) is 0 Å². The Morgan fingerprint density at radius 3 is 2.50 bits per heavy atom. The third-order valence-electron chi connectivity index (χ3n) is 1.79. The van der Waals surface area contributed by atoms with Crippen LogP contribution in [-0.2, 0) is 4.74 Å². The lowest BCUT2D eigenvalue weighted by atomic mass is 10.4. The van der Waals surface area contributed by atoms with E-state index in [9.17, 15) is 9.18 Å². The minimum absolute atomic E-state index is 0.288. The maximum Gasteiger partial charge on any atom is 0.420 e. The number of amides is 1. The zero-order valence-electron chi connectivity index (χ0n) is 9.27. The van der Waals surface area contributed by atoms with Crippen LogP contribution in [0.4, 0.5) is 9.18 Å². The summed E-state index contributed by atoms with van der Waals surface area (Å²) in [5.41, 5.74) is 0. The summed E-state index contributed by atoms with van der Waals surface area (Å²) >= 11 is 1.24. The van der Waals surface area contributed by atoms with E-state index < -0.39 is 0 Å². The number of nitrogens with zero attached hydrogens (tertiary/aromatic N) is 1. The summed E-state index contributed by atoms with van der Waals surface area (Å²) in [4.78, 5) is 12.3. The summed E-state index contributed by atoms with van der Waals surface area (Å²) in [6.45, 7) is 4.49. The molecule has 0 aliphatic rings. The fraction of sp³-hybridized carbons (Fsp3) is 0.364. The Hall–Kier alpha value is -1.23. The molecule has 0 atom stereocenters. The quantitative estimate of drug-likeness (QED) is 0.760. The molecule has 0 spiro atoms. The average Bonchev–Trinajstić information content (AvgIpc) is 2.28. The second-order valence-electron chi connectivity index (χ2n) is 2.94. The number of carbonyl (C=O) groups excluding carboxylic acids is 1. The topological polar surface area (TPSA) is 29.5 Å². The van der Waals surface area contributed by atoms with Crippen LogP contribution >= 0.6 is 11.9 Å². The van der Waals surface area contributed by atoms with Gasteiger partial charge in [-0.3, -0.25) is 0 Å². The molecule has 5 heteroatoms. The van der Waals surface area contributed by atoms with Crippen LogP contribution in [0.1, 0.15) is 13.8 Å². The van der Waals surface area contributed by atoms with Crippen LogP contribution in [0, 0.1) is 5.82 Å². The summed E-state index contributed by atoms with van der Waals surface area (Å²) in [7, 11) is 0. The van der Waals surface area contributed by atoms with Crippen molar-refractivity contribution in [3.63, 3.8) is 0 Å². The molecule has 16 heavy (non-hydrogen) atoms. The fourth-order valence-electron chi connectivity index (χ4n) is 1.05. The zero-order chi connectivity index (χ0) is 12.0. The lowest BCUT2D eigenvalue weighted by Gasteiger charge is -2.18. The van der Waals surface area contributed by atoms with E-state index in [0.29, 0.717) is 13.2 Å². The summed E-state index contributed by atoms with van der Waals surface area (Å²) in [5, 5.41) is 0. The number of ether oxygens (including phenoxy) is 1. The SMILES string of the molecule is CCOC(=O)N(CC)Sc1ccc(F)cc1. The number of rotatable bonds is 4.